The van der Waals surface area contributed by atoms with Gasteiger partial charge in [-0.3, -0.25) is 9.38 Å². The Hall–Kier alpha value is -2.20. The van der Waals surface area contributed by atoms with E-state index in [2.05, 4.69) is 9.97 Å². The first kappa shape index (κ1) is 12.8. The van der Waals surface area contributed by atoms with E-state index in [1.54, 1.807) is 12.4 Å². The molecule has 0 fully saturated rings. The summed E-state index contributed by atoms with van der Waals surface area (Å²) in [6.07, 6.45) is 3.61. The van der Waals surface area contributed by atoms with Crippen molar-refractivity contribution in [3.05, 3.63) is 54.1 Å². The number of aliphatic hydroxyl groups is 1. The molecule has 1 N–H and O–H groups in total. The SMILES string of the molecule is CCC(O)c1c(-c2ccncc2)nc2cccc(C)n12. The zero-order valence-electron chi connectivity index (χ0n) is 11.6. The first-order valence-corrected chi connectivity index (χ1v) is 6.78. The highest BCUT2D eigenvalue weighted by Crippen LogP contribution is 2.30. The Morgan fingerprint density at radius 3 is 2.65 bits per heavy atom. The molecule has 4 nitrogen and oxygen atoms in total. The monoisotopic (exact) mass is 267 g/mol. The molecule has 3 rings (SSSR count). The van der Waals surface area contributed by atoms with Gasteiger partial charge in [0.15, 0.2) is 0 Å². The maximum atomic E-state index is 10.4. The fourth-order valence-electron chi connectivity index (χ4n) is 2.50. The largest absolute Gasteiger partial charge is 0.387 e. The number of aliphatic hydroxyl groups excluding tert-OH is 1. The third kappa shape index (κ3) is 1.98. The second-order valence-corrected chi connectivity index (χ2v) is 4.87. The smallest absolute Gasteiger partial charge is 0.137 e. The average molecular weight is 267 g/mol. The molecule has 3 aromatic heterocycles. The lowest BCUT2D eigenvalue weighted by molar-refractivity contribution is 0.168. The zero-order chi connectivity index (χ0) is 14.1. The molecule has 0 saturated heterocycles. The molecule has 20 heavy (non-hydrogen) atoms. The van der Waals surface area contributed by atoms with Crippen molar-refractivity contribution >= 4 is 5.65 Å². The molecule has 4 heteroatoms. The molecule has 0 spiro atoms. The lowest BCUT2D eigenvalue weighted by Gasteiger charge is -2.12. The molecule has 0 radical (unpaired) electrons. The topological polar surface area (TPSA) is 50.4 Å². The molecule has 1 unspecified atom stereocenters. The van der Waals surface area contributed by atoms with Crippen molar-refractivity contribution in [1.29, 1.82) is 0 Å². The summed E-state index contributed by atoms with van der Waals surface area (Å²) in [5.41, 5.74) is 4.59. The van der Waals surface area contributed by atoms with E-state index in [0.717, 1.165) is 28.3 Å². The summed E-state index contributed by atoms with van der Waals surface area (Å²) in [6.45, 7) is 4.00. The molecule has 0 aliphatic rings. The van der Waals surface area contributed by atoms with Crippen LogP contribution in [0.25, 0.3) is 16.9 Å². The summed E-state index contributed by atoms with van der Waals surface area (Å²) in [5.74, 6) is 0. The number of imidazole rings is 1. The summed E-state index contributed by atoms with van der Waals surface area (Å²) in [6, 6.07) is 9.81. The van der Waals surface area contributed by atoms with Gasteiger partial charge in [0.1, 0.15) is 5.65 Å². The number of fused-ring (bicyclic) bond motifs is 1. The maximum Gasteiger partial charge on any atom is 0.137 e. The molecule has 0 bridgehead atoms. The Morgan fingerprint density at radius 2 is 1.95 bits per heavy atom. The molecule has 1 atom stereocenters. The number of hydrogen-bond acceptors (Lipinski definition) is 3. The van der Waals surface area contributed by atoms with Crippen molar-refractivity contribution in [1.82, 2.24) is 14.4 Å². The van der Waals surface area contributed by atoms with Crippen molar-refractivity contribution < 1.29 is 5.11 Å². The van der Waals surface area contributed by atoms with E-state index >= 15 is 0 Å². The van der Waals surface area contributed by atoms with Crippen LogP contribution in [0.2, 0.25) is 0 Å². The Balaban J connectivity index is 2.34. The predicted molar refractivity (Wildman–Crippen MR) is 78.4 cm³/mol. The van der Waals surface area contributed by atoms with Crippen molar-refractivity contribution in [2.45, 2.75) is 26.4 Å². The van der Waals surface area contributed by atoms with E-state index < -0.39 is 6.10 Å². The van der Waals surface area contributed by atoms with Crippen LogP contribution in [0.1, 0.15) is 30.8 Å². The first-order valence-electron chi connectivity index (χ1n) is 6.78. The van der Waals surface area contributed by atoms with Crippen LogP contribution in [0.3, 0.4) is 0 Å². The highest BCUT2D eigenvalue weighted by molar-refractivity contribution is 5.67. The molecule has 0 saturated carbocycles. The molecule has 0 aromatic carbocycles. The summed E-state index contributed by atoms with van der Waals surface area (Å²) in [7, 11) is 0. The van der Waals surface area contributed by atoms with Gasteiger partial charge in [-0.1, -0.05) is 13.0 Å². The number of aryl methyl sites for hydroxylation is 1. The lowest BCUT2D eigenvalue weighted by atomic mass is 10.1. The van der Waals surface area contributed by atoms with Crippen molar-refractivity contribution in [2.24, 2.45) is 0 Å². The van der Waals surface area contributed by atoms with Gasteiger partial charge in [0.25, 0.3) is 0 Å². The van der Waals surface area contributed by atoms with E-state index in [9.17, 15) is 5.11 Å². The number of aromatic nitrogens is 3. The summed E-state index contributed by atoms with van der Waals surface area (Å²) >= 11 is 0. The lowest BCUT2D eigenvalue weighted by Crippen LogP contribution is -2.04. The van der Waals surface area contributed by atoms with E-state index in [1.807, 2.05) is 48.6 Å². The summed E-state index contributed by atoms with van der Waals surface area (Å²) in [5, 5.41) is 10.4. The standard InChI is InChI=1S/C16H17N3O/c1-3-13(20)16-15(12-7-9-17-10-8-12)18-14-6-4-5-11(2)19(14)16/h4-10,13,20H,3H2,1-2H3. The average Bonchev–Trinajstić information content (AvgIpc) is 2.88. The van der Waals surface area contributed by atoms with Crippen LogP contribution in [0.15, 0.2) is 42.7 Å². The molecule has 0 aliphatic heterocycles. The summed E-state index contributed by atoms with van der Waals surface area (Å²) in [4.78, 5) is 8.73. The van der Waals surface area contributed by atoms with Gasteiger partial charge >= 0.3 is 0 Å². The molecule has 102 valence electrons. The van der Waals surface area contributed by atoms with Crippen LogP contribution in [0, 0.1) is 6.92 Å². The van der Waals surface area contributed by atoms with Gasteiger partial charge in [0, 0.05) is 23.7 Å². The number of pyridine rings is 2. The third-order valence-electron chi connectivity index (χ3n) is 3.53. The maximum absolute atomic E-state index is 10.4. The van der Waals surface area contributed by atoms with E-state index in [1.165, 1.54) is 0 Å². The van der Waals surface area contributed by atoms with E-state index in [4.69, 9.17) is 0 Å². The third-order valence-corrected chi connectivity index (χ3v) is 3.53. The predicted octanol–water partition coefficient (Wildman–Crippen LogP) is 3.15. The second kappa shape index (κ2) is 5.06. The van der Waals surface area contributed by atoms with E-state index in [-0.39, 0.29) is 0 Å². The fraction of sp³-hybridized carbons (Fsp3) is 0.250. The molecule has 3 heterocycles. The van der Waals surface area contributed by atoms with Crippen molar-refractivity contribution in [2.75, 3.05) is 0 Å². The quantitative estimate of drug-likeness (QED) is 0.793. The highest BCUT2D eigenvalue weighted by Gasteiger charge is 2.20. The highest BCUT2D eigenvalue weighted by atomic mass is 16.3. The van der Waals surface area contributed by atoms with Gasteiger partial charge in [0.2, 0.25) is 0 Å². The fourth-order valence-corrected chi connectivity index (χ4v) is 2.50. The molecular weight excluding hydrogens is 250 g/mol. The number of nitrogens with zero attached hydrogens (tertiary/aromatic N) is 3. The zero-order valence-corrected chi connectivity index (χ0v) is 11.6. The van der Waals surface area contributed by atoms with Gasteiger partial charge in [-0.2, -0.15) is 0 Å². The molecule has 0 amide bonds. The summed E-state index contributed by atoms with van der Waals surface area (Å²) < 4.78 is 2.03. The minimum Gasteiger partial charge on any atom is -0.387 e. The Morgan fingerprint density at radius 1 is 1.20 bits per heavy atom. The van der Waals surface area contributed by atoms with Gasteiger partial charge in [-0.25, -0.2) is 4.98 Å². The number of rotatable bonds is 3. The van der Waals surface area contributed by atoms with Gasteiger partial charge in [0.05, 0.1) is 17.5 Å². The van der Waals surface area contributed by atoms with Crippen LogP contribution in [-0.4, -0.2) is 19.5 Å². The van der Waals surface area contributed by atoms with Crippen molar-refractivity contribution in [3.8, 4) is 11.3 Å². The Bertz CT molecular complexity index is 734. The second-order valence-electron chi connectivity index (χ2n) is 4.87. The van der Waals surface area contributed by atoms with Crippen LogP contribution in [-0.2, 0) is 0 Å². The Labute approximate surface area is 117 Å². The van der Waals surface area contributed by atoms with Crippen molar-refractivity contribution in [3.63, 3.8) is 0 Å². The normalized spacial score (nSPS) is 12.8. The van der Waals surface area contributed by atoms with E-state index in [0.29, 0.717) is 6.42 Å². The van der Waals surface area contributed by atoms with Crippen LogP contribution in [0.5, 0.6) is 0 Å². The minimum atomic E-state index is -0.533. The molecule has 0 aliphatic carbocycles. The van der Waals surface area contributed by atoms with Crippen LogP contribution in [0.4, 0.5) is 0 Å². The Kier molecular flexibility index (Phi) is 3.24. The molecular formula is C16H17N3O. The van der Waals surface area contributed by atoms with Crippen LogP contribution >= 0.6 is 0 Å². The first-order chi connectivity index (χ1) is 9.72. The van der Waals surface area contributed by atoms with Gasteiger partial charge in [-0.05, 0) is 37.6 Å². The number of hydrogen-bond donors (Lipinski definition) is 1. The van der Waals surface area contributed by atoms with Crippen LogP contribution < -0.4 is 0 Å². The van der Waals surface area contributed by atoms with Gasteiger partial charge in [-0.15, -0.1) is 0 Å². The van der Waals surface area contributed by atoms with Gasteiger partial charge < -0.3 is 5.11 Å². The molecule has 3 aromatic rings. The minimum absolute atomic E-state index is 0.533.